The van der Waals surface area contributed by atoms with E-state index in [1.54, 1.807) is 6.92 Å². The summed E-state index contributed by atoms with van der Waals surface area (Å²) in [7, 11) is 1.42. The Bertz CT molecular complexity index is 491. The molecule has 1 unspecified atom stereocenters. The Morgan fingerprint density at radius 2 is 2.33 bits per heavy atom. The highest BCUT2D eigenvalue weighted by molar-refractivity contribution is 5.93. The summed E-state index contributed by atoms with van der Waals surface area (Å²) >= 11 is 0. The second-order valence-electron chi connectivity index (χ2n) is 3.52. The van der Waals surface area contributed by atoms with Gasteiger partial charge in [-0.1, -0.05) is 11.8 Å². The zero-order valence-electron chi connectivity index (χ0n) is 10.2. The largest absolute Gasteiger partial charge is 0.384 e. The van der Waals surface area contributed by atoms with Gasteiger partial charge in [-0.05, 0) is 25.1 Å². The molecule has 1 rings (SSSR count). The van der Waals surface area contributed by atoms with Crippen molar-refractivity contribution in [1.82, 2.24) is 0 Å². The molecule has 0 saturated heterocycles. The third-order valence-corrected chi connectivity index (χ3v) is 2.26. The number of rotatable bonds is 3. The Labute approximate surface area is 105 Å². The molecule has 0 spiro atoms. The van der Waals surface area contributed by atoms with Crippen molar-refractivity contribution in [2.24, 2.45) is 0 Å². The zero-order valence-corrected chi connectivity index (χ0v) is 10.2. The third-order valence-electron chi connectivity index (χ3n) is 2.26. The number of hydrogen-bond acceptors (Lipinski definition) is 3. The highest BCUT2D eigenvalue weighted by Gasteiger charge is 2.12. The highest BCUT2D eigenvalue weighted by Crippen LogP contribution is 2.14. The number of ether oxygens (including phenoxy) is 1. The molecule has 0 bridgehead atoms. The van der Waals surface area contributed by atoms with E-state index < -0.39 is 11.9 Å². The van der Waals surface area contributed by atoms with Crippen LogP contribution in [0.3, 0.4) is 0 Å². The molecule has 1 aromatic rings. The molecule has 0 heterocycles. The summed E-state index contributed by atoms with van der Waals surface area (Å²) in [5.41, 5.74) is 0.498. The number of anilines is 1. The zero-order chi connectivity index (χ0) is 13.5. The van der Waals surface area contributed by atoms with Gasteiger partial charge in [0.05, 0.1) is 5.56 Å². The number of halogens is 1. The van der Waals surface area contributed by atoms with Crippen LogP contribution < -0.4 is 5.32 Å². The maximum absolute atomic E-state index is 13.5. The first kappa shape index (κ1) is 14.2. The van der Waals surface area contributed by atoms with Gasteiger partial charge in [0.1, 0.15) is 18.5 Å². The number of nitrogens with one attached hydrogen (secondary N) is 1. The van der Waals surface area contributed by atoms with Gasteiger partial charge in [-0.15, -0.1) is 0 Å². The standard InChI is InChI=1S/C13H14FNO3/c1-9(18-2)13(17)15-11-6-5-10(4-3-7-16)12(14)8-11/h5-6,8-9,16H,7H2,1-2H3,(H,15,17). The lowest BCUT2D eigenvalue weighted by atomic mass is 10.2. The van der Waals surface area contributed by atoms with Gasteiger partial charge >= 0.3 is 0 Å². The van der Waals surface area contributed by atoms with E-state index in [4.69, 9.17) is 9.84 Å². The van der Waals surface area contributed by atoms with Crippen LogP contribution >= 0.6 is 0 Å². The predicted molar refractivity (Wildman–Crippen MR) is 65.5 cm³/mol. The van der Waals surface area contributed by atoms with Crippen LogP contribution in [-0.4, -0.2) is 30.8 Å². The molecule has 1 amide bonds. The van der Waals surface area contributed by atoms with Crippen LogP contribution in [0.4, 0.5) is 10.1 Å². The van der Waals surface area contributed by atoms with E-state index in [0.717, 1.165) is 0 Å². The van der Waals surface area contributed by atoms with Gasteiger partial charge < -0.3 is 15.2 Å². The van der Waals surface area contributed by atoms with Gasteiger partial charge in [0, 0.05) is 12.8 Å². The van der Waals surface area contributed by atoms with Crippen LogP contribution in [0.5, 0.6) is 0 Å². The monoisotopic (exact) mass is 251 g/mol. The van der Waals surface area contributed by atoms with E-state index in [-0.39, 0.29) is 18.1 Å². The molecule has 4 nitrogen and oxygen atoms in total. The molecule has 5 heteroatoms. The Kier molecular flexibility index (Phi) is 5.31. The number of amides is 1. The van der Waals surface area contributed by atoms with E-state index in [1.165, 1.54) is 25.3 Å². The summed E-state index contributed by atoms with van der Waals surface area (Å²) in [5, 5.41) is 11.0. The van der Waals surface area contributed by atoms with Crippen LogP contribution in [0.2, 0.25) is 0 Å². The van der Waals surface area contributed by atoms with E-state index >= 15 is 0 Å². The normalized spacial score (nSPS) is 11.3. The Hall–Kier alpha value is -1.90. The lowest BCUT2D eigenvalue weighted by molar-refractivity contribution is -0.124. The minimum Gasteiger partial charge on any atom is -0.384 e. The Morgan fingerprint density at radius 1 is 1.61 bits per heavy atom. The fourth-order valence-corrected chi connectivity index (χ4v) is 1.18. The van der Waals surface area contributed by atoms with Crippen molar-refractivity contribution in [2.45, 2.75) is 13.0 Å². The molecule has 0 radical (unpaired) electrons. The van der Waals surface area contributed by atoms with Gasteiger partial charge in [-0.3, -0.25) is 4.79 Å². The fourth-order valence-electron chi connectivity index (χ4n) is 1.18. The molecular formula is C13H14FNO3. The van der Waals surface area contributed by atoms with Crippen LogP contribution in [0.25, 0.3) is 0 Å². The topological polar surface area (TPSA) is 58.6 Å². The molecule has 0 fully saturated rings. The summed E-state index contributed by atoms with van der Waals surface area (Å²) in [6.07, 6.45) is -0.609. The minimum atomic E-state index is -0.609. The van der Waals surface area contributed by atoms with Crippen molar-refractivity contribution in [3.05, 3.63) is 29.6 Å². The number of benzene rings is 1. The average molecular weight is 251 g/mol. The molecule has 18 heavy (non-hydrogen) atoms. The lowest BCUT2D eigenvalue weighted by Gasteiger charge is -2.10. The number of aliphatic hydroxyl groups excluding tert-OH is 1. The molecule has 1 aromatic carbocycles. The first-order valence-electron chi connectivity index (χ1n) is 5.31. The summed E-state index contributed by atoms with van der Waals surface area (Å²) in [4.78, 5) is 11.5. The Morgan fingerprint density at radius 3 is 2.89 bits per heavy atom. The summed E-state index contributed by atoms with van der Waals surface area (Å²) in [5.74, 6) is 3.90. The first-order chi connectivity index (χ1) is 8.58. The number of methoxy groups -OCH3 is 1. The van der Waals surface area contributed by atoms with Gasteiger partial charge in [-0.25, -0.2) is 4.39 Å². The minimum absolute atomic E-state index is 0.168. The van der Waals surface area contributed by atoms with E-state index in [9.17, 15) is 9.18 Å². The third kappa shape index (κ3) is 3.84. The van der Waals surface area contributed by atoms with Crippen molar-refractivity contribution in [3.63, 3.8) is 0 Å². The first-order valence-corrected chi connectivity index (χ1v) is 5.31. The van der Waals surface area contributed by atoms with Gasteiger partial charge in [0.2, 0.25) is 0 Å². The van der Waals surface area contributed by atoms with Crippen molar-refractivity contribution < 1.29 is 19.0 Å². The number of aliphatic hydroxyl groups is 1. The molecule has 2 N–H and O–H groups in total. The van der Waals surface area contributed by atoms with Crippen LogP contribution in [-0.2, 0) is 9.53 Å². The predicted octanol–water partition coefficient (Wildman–Crippen LogP) is 1.14. The molecule has 96 valence electrons. The van der Waals surface area contributed by atoms with Crippen molar-refractivity contribution in [1.29, 1.82) is 0 Å². The highest BCUT2D eigenvalue weighted by atomic mass is 19.1. The molecule has 0 aliphatic rings. The Balaban J connectivity index is 2.82. The SMILES string of the molecule is COC(C)C(=O)Nc1ccc(C#CCO)c(F)c1. The quantitative estimate of drug-likeness (QED) is 0.792. The van der Waals surface area contributed by atoms with E-state index in [0.29, 0.717) is 5.69 Å². The second kappa shape index (κ2) is 6.74. The van der Waals surface area contributed by atoms with Gasteiger partial charge in [0.25, 0.3) is 5.91 Å². The number of carbonyl (C=O) groups excluding carboxylic acids is 1. The molecular weight excluding hydrogens is 237 g/mol. The van der Waals surface area contributed by atoms with Crippen molar-refractivity contribution in [3.8, 4) is 11.8 Å². The molecule has 1 atom stereocenters. The van der Waals surface area contributed by atoms with Gasteiger partial charge in [-0.2, -0.15) is 0 Å². The van der Waals surface area contributed by atoms with Crippen LogP contribution in [0.1, 0.15) is 12.5 Å². The number of hydrogen-bond donors (Lipinski definition) is 2. The summed E-state index contributed by atoms with van der Waals surface area (Å²) in [6, 6.07) is 4.14. The lowest BCUT2D eigenvalue weighted by Crippen LogP contribution is -2.26. The maximum atomic E-state index is 13.5. The van der Waals surface area contributed by atoms with Crippen molar-refractivity contribution >= 4 is 11.6 Å². The summed E-state index contributed by atoms with van der Waals surface area (Å²) in [6.45, 7) is 1.26. The average Bonchev–Trinajstić information content (AvgIpc) is 2.36. The fraction of sp³-hybridized carbons (Fsp3) is 0.308. The van der Waals surface area contributed by atoms with Gasteiger partial charge in [0.15, 0.2) is 0 Å². The number of carbonyl (C=O) groups is 1. The molecule has 0 aromatic heterocycles. The summed E-state index contributed by atoms with van der Waals surface area (Å²) < 4.78 is 18.4. The van der Waals surface area contributed by atoms with Crippen LogP contribution in [0, 0.1) is 17.7 Å². The van der Waals surface area contributed by atoms with E-state index in [2.05, 4.69) is 17.2 Å². The van der Waals surface area contributed by atoms with E-state index in [1.807, 2.05) is 0 Å². The smallest absolute Gasteiger partial charge is 0.253 e. The molecule has 0 aliphatic heterocycles. The van der Waals surface area contributed by atoms with Crippen LogP contribution in [0.15, 0.2) is 18.2 Å². The maximum Gasteiger partial charge on any atom is 0.253 e. The van der Waals surface area contributed by atoms with Crippen molar-refractivity contribution in [2.75, 3.05) is 19.0 Å². The molecule has 0 saturated carbocycles. The molecule has 0 aliphatic carbocycles. The second-order valence-corrected chi connectivity index (χ2v) is 3.52.